The summed E-state index contributed by atoms with van der Waals surface area (Å²) in [7, 11) is 0. The minimum Gasteiger partial charge on any atom is -0.384 e. The van der Waals surface area contributed by atoms with Crippen LogP contribution in [0.15, 0.2) is 24.3 Å². The fraction of sp³-hybridized carbons (Fsp3) is 0.647. The third-order valence-corrected chi connectivity index (χ3v) is 4.40. The minimum absolute atomic E-state index is 0.738. The van der Waals surface area contributed by atoms with Crippen molar-refractivity contribution in [3.8, 4) is 0 Å². The number of hydrogen-bond acceptors (Lipinski definition) is 3. The van der Waals surface area contributed by atoms with Crippen molar-refractivity contribution >= 4 is 5.69 Å². The van der Waals surface area contributed by atoms with Crippen LogP contribution >= 0.6 is 0 Å². The fourth-order valence-corrected chi connectivity index (χ4v) is 2.80. The molecule has 1 aliphatic rings. The molecule has 1 unspecified atom stereocenters. The van der Waals surface area contributed by atoms with E-state index in [0.29, 0.717) is 0 Å². The highest BCUT2D eigenvalue weighted by atomic mass is 15.3. The van der Waals surface area contributed by atoms with Gasteiger partial charge in [-0.25, -0.2) is 0 Å². The Balaban J connectivity index is 1.66. The third-order valence-electron chi connectivity index (χ3n) is 4.40. The lowest BCUT2D eigenvalue weighted by atomic mass is 10.2. The zero-order valence-electron chi connectivity index (χ0n) is 13.2. The van der Waals surface area contributed by atoms with Crippen LogP contribution in [0.4, 0.5) is 5.69 Å². The first-order valence-electron chi connectivity index (χ1n) is 7.96. The predicted octanol–water partition coefficient (Wildman–Crippen LogP) is 2.82. The lowest BCUT2D eigenvalue weighted by Crippen LogP contribution is -2.50. The summed E-state index contributed by atoms with van der Waals surface area (Å²) in [5, 5.41) is 3.52. The van der Waals surface area contributed by atoms with E-state index in [2.05, 4.69) is 60.2 Å². The van der Waals surface area contributed by atoms with Gasteiger partial charge in [-0.3, -0.25) is 9.80 Å². The molecule has 0 aliphatic carbocycles. The van der Waals surface area contributed by atoms with E-state index in [4.69, 9.17) is 0 Å². The Labute approximate surface area is 124 Å². The monoisotopic (exact) mass is 275 g/mol. The van der Waals surface area contributed by atoms with Crippen LogP contribution in [-0.4, -0.2) is 55.1 Å². The van der Waals surface area contributed by atoms with E-state index in [0.717, 1.165) is 19.1 Å². The van der Waals surface area contributed by atoms with Crippen LogP contribution in [0.5, 0.6) is 0 Å². The van der Waals surface area contributed by atoms with Crippen molar-refractivity contribution in [3.05, 3.63) is 29.8 Å². The molecule has 1 heterocycles. The smallest absolute Gasteiger partial charge is 0.0343 e. The van der Waals surface area contributed by atoms with Gasteiger partial charge in [0, 0.05) is 51.0 Å². The van der Waals surface area contributed by atoms with Crippen LogP contribution in [0.1, 0.15) is 25.8 Å². The summed E-state index contributed by atoms with van der Waals surface area (Å²) in [6.07, 6.45) is 1.26. The molecule has 112 valence electrons. The van der Waals surface area contributed by atoms with E-state index in [1.807, 2.05) is 0 Å². The van der Waals surface area contributed by atoms with Crippen LogP contribution in [0.3, 0.4) is 0 Å². The molecule has 1 aromatic carbocycles. The molecule has 0 saturated carbocycles. The van der Waals surface area contributed by atoms with Gasteiger partial charge in [0.1, 0.15) is 0 Å². The van der Waals surface area contributed by atoms with Crippen LogP contribution < -0.4 is 5.32 Å². The van der Waals surface area contributed by atoms with Gasteiger partial charge in [-0.15, -0.1) is 0 Å². The van der Waals surface area contributed by atoms with Gasteiger partial charge in [0.05, 0.1) is 0 Å². The number of rotatable bonds is 6. The maximum Gasteiger partial charge on any atom is 0.0343 e. The van der Waals surface area contributed by atoms with Gasteiger partial charge in [0.15, 0.2) is 0 Å². The van der Waals surface area contributed by atoms with Crippen LogP contribution in [-0.2, 0) is 0 Å². The highest BCUT2D eigenvalue weighted by molar-refractivity contribution is 5.45. The molecule has 1 saturated heterocycles. The third kappa shape index (κ3) is 4.50. The van der Waals surface area contributed by atoms with Crippen molar-refractivity contribution in [3.63, 3.8) is 0 Å². The second kappa shape index (κ2) is 7.65. The first-order chi connectivity index (χ1) is 9.69. The van der Waals surface area contributed by atoms with Gasteiger partial charge in [-0.1, -0.05) is 19.1 Å². The van der Waals surface area contributed by atoms with Gasteiger partial charge < -0.3 is 5.32 Å². The predicted molar refractivity (Wildman–Crippen MR) is 87.4 cm³/mol. The van der Waals surface area contributed by atoms with E-state index in [-0.39, 0.29) is 0 Å². The molecular weight excluding hydrogens is 246 g/mol. The van der Waals surface area contributed by atoms with E-state index < -0.39 is 0 Å². The van der Waals surface area contributed by atoms with Crippen molar-refractivity contribution in [1.29, 1.82) is 0 Å². The molecule has 0 bridgehead atoms. The molecule has 1 aliphatic heterocycles. The van der Waals surface area contributed by atoms with Crippen LogP contribution in [0.2, 0.25) is 0 Å². The maximum atomic E-state index is 3.52. The summed E-state index contributed by atoms with van der Waals surface area (Å²) in [4.78, 5) is 5.19. The number of nitrogens with zero attached hydrogens (tertiary/aromatic N) is 2. The summed E-state index contributed by atoms with van der Waals surface area (Å²) < 4.78 is 0. The zero-order chi connectivity index (χ0) is 14.4. The molecule has 0 amide bonds. The SMILES string of the molecule is CCC(C)N1CCN(CCNc2cccc(C)c2)CC1. The Bertz CT molecular complexity index is 397. The van der Waals surface area contributed by atoms with Crippen molar-refractivity contribution in [2.75, 3.05) is 44.6 Å². The van der Waals surface area contributed by atoms with E-state index in [1.54, 1.807) is 0 Å². The molecule has 20 heavy (non-hydrogen) atoms. The number of hydrogen-bond donors (Lipinski definition) is 1. The Morgan fingerprint density at radius 1 is 1.20 bits per heavy atom. The molecular formula is C17H29N3. The molecule has 3 heteroatoms. The number of benzene rings is 1. The second-order valence-corrected chi connectivity index (χ2v) is 5.93. The standard InChI is InChI=1S/C17H29N3/c1-4-16(3)20-12-10-19(11-13-20)9-8-18-17-7-5-6-15(2)14-17/h5-7,14,16,18H,4,8-13H2,1-3H3. The molecule has 1 fully saturated rings. The van der Waals surface area contributed by atoms with Crippen molar-refractivity contribution in [1.82, 2.24) is 9.80 Å². The summed E-state index contributed by atoms with van der Waals surface area (Å²) in [5.41, 5.74) is 2.56. The zero-order valence-corrected chi connectivity index (χ0v) is 13.2. The number of anilines is 1. The van der Waals surface area contributed by atoms with Crippen LogP contribution in [0.25, 0.3) is 0 Å². The molecule has 2 rings (SSSR count). The number of piperazine rings is 1. The van der Waals surface area contributed by atoms with Gasteiger partial charge in [-0.05, 0) is 38.0 Å². The number of nitrogens with one attached hydrogen (secondary N) is 1. The lowest BCUT2D eigenvalue weighted by Gasteiger charge is -2.37. The molecule has 0 spiro atoms. The van der Waals surface area contributed by atoms with E-state index in [9.17, 15) is 0 Å². The molecule has 1 N–H and O–H groups in total. The topological polar surface area (TPSA) is 18.5 Å². The normalized spacial score (nSPS) is 18.9. The lowest BCUT2D eigenvalue weighted by molar-refractivity contribution is 0.103. The summed E-state index contributed by atoms with van der Waals surface area (Å²) >= 11 is 0. The Morgan fingerprint density at radius 3 is 2.60 bits per heavy atom. The highest BCUT2D eigenvalue weighted by Crippen LogP contribution is 2.10. The van der Waals surface area contributed by atoms with E-state index in [1.165, 1.54) is 43.9 Å². The average Bonchev–Trinajstić information content (AvgIpc) is 2.47. The second-order valence-electron chi connectivity index (χ2n) is 5.93. The van der Waals surface area contributed by atoms with Crippen molar-refractivity contribution < 1.29 is 0 Å². The van der Waals surface area contributed by atoms with Crippen LogP contribution in [0, 0.1) is 6.92 Å². The van der Waals surface area contributed by atoms with Gasteiger partial charge in [0.25, 0.3) is 0 Å². The molecule has 3 nitrogen and oxygen atoms in total. The Hall–Kier alpha value is -1.06. The fourth-order valence-electron chi connectivity index (χ4n) is 2.80. The van der Waals surface area contributed by atoms with Gasteiger partial charge in [-0.2, -0.15) is 0 Å². The van der Waals surface area contributed by atoms with E-state index >= 15 is 0 Å². The number of aryl methyl sites for hydroxylation is 1. The highest BCUT2D eigenvalue weighted by Gasteiger charge is 2.19. The van der Waals surface area contributed by atoms with Crippen molar-refractivity contribution in [2.24, 2.45) is 0 Å². The Kier molecular flexibility index (Phi) is 5.86. The largest absolute Gasteiger partial charge is 0.384 e. The quantitative estimate of drug-likeness (QED) is 0.861. The average molecular weight is 275 g/mol. The maximum absolute atomic E-state index is 3.52. The first kappa shape index (κ1) is 15.3. The molecule has 1 aromatic rings. The van der Waals surface area contributed by atoms with Crippen molar-refractivity contribution in [2.45, 2.75) is 33.2 Å². The first-order valence-corrected chi connectivity index (χ1v) is 7.96. The summed E-state index contributed by atoms with van der Waals surface area (Å²) in [6.45, 7) is 13.8. The molecule has 0 radical (unpaired) electrons. The Morgan fingerprint density at radius 2 is 1.95 bits per heavy atom. The van der Waals surface area contributed by atoms with Gasteiger partial charge >= 0.3 is 0 Å². The summed E-state index contributed by atoms with van der Waals surface area (Å²) in [5.74, 6) is 0. The van der Waals surface area contributed by atoms with Gasteiger partial charge in [0.2, 0.25) is 0 Å². The summed E-state index contributed by atoms with van der Waals surface area (Å²) in [6, 6.07) is 9.35. The minimum atomic E-state index is 0.738. The molecule has 1 atom stereocenters. The molecule has 0 aromatic heterocycles.